The number of thioether (sulfide) groups is 1. The first-order valence-corrected chi connectivity index (χ1v) is 35.4. The number of carbonyl (C=O) groups excluding carboxylic acids is 12. The number of carboxylic acid groups (broad SMARTS) is 1. The highest BCUT2D eigenvalue weighted by molar-refractivity contribution is 7.98. The van der Waals surface area contributed by atoms with Gasteiger partial charge >= 0.3 is 5.97 Å². The predicted molar refractivity (Wildman–Crippen MR) is 352 cm³/mol. The molecular weight excluding hydrogens is 1290 g/mol. The van der Waals surface area contributed by atoms with E-state index in [1.54, 1.807) is 32.9 Å². The fourth-order valence-corrected chi connectivity index (χ4v) is 14.2. The van der Waals surface area contributed by atoms with Crippen LogP contribution in [0.3, 0.4) is 0 Å². The summed E-state index contributed by atoms with van der Waals surface area (Å²) >= 11 is 1.51. The first-order chi connectivity index (χ1) is 45.7. The number of nitrogens with zero attached hydrogens (tertiary/aromatic N) is 1. The number of ether oxygens (including phenoxy) is 1. The summed E-state index contributed by atoms with van der Waals surface area (Å²) in [6, 6.07) is -3.68. The first kappa shape index (κ1) is 79.1. The molecule has 3 aliphatic rings. The van der Waals surface area contributed by atoms with Crippen molar-refractivity contribution in [1.82, 2.24) is 52.4 Å². The lowest BCUT2D eigenvalue weighted by Gasteiger charge is -2.32. The molecule has 534 valence electrons. The number of benzene rings is 1. The number of H-pyrrole nitrogens is 1. The van der Waals surface area contributed by atoms with E-state index in [1.807, 2.05) is 0 Å². The van der Waals surface area contributed by atoms with Crippen LogP contribution in [0.2, 0.25) is 0 Å². The Labute approximate surface area is 564 Å². The summed E-state index contributed by atoms with van der Waals surface area (Å²) in [5.74, 6) is -14.2. The maximum Gasteiger partial charge on any atom is 0.304 e. The fraction of sp³-hybridized carbons (Fsp3) is 0.672. The van der Waals surface area contributed by atoms with Crippen molar-refractivity contribution in [3.8, 4) is 5.75 Å². The molecular formula is C64H97N11O19S2. The number of rotatable bonds is 30. The highest BCUT2D eigenvalue weighted by Crippen LogP contribution is 2.37. The van der Waals surface area contributed by atoms with Crippen LogP contribution in [0, 0.1) is 29.6 Å². The average molecular weight is 1390 g/mol. The van der Waals surface area contributed by atoms with Gasteiger partial charge in [0.1, 0.15) is 28.9 Å². The number of unbranched alkanes of at least 4 members (excludes halogenated alkanes) is 5. The van der Waals surface area contributed by atoms with E-state index >= 15 is 9.00 Å². The number of aromatic amines is 1. The molecule has 0 aliphatic carbocycles. The largest absolute Gasteiger partial charge is 0.496 e. The summed E-state index contributed by atoms with van der Waals surface area (Å²) in [7, 11) is -0.969. The van der Waals surface area contributed by atoms with E-state index in [2.05, 4.69) is 47.5 Å². The van der Waals surface area contributed by atoms with Crippen molar-refractivity contribution < 1.29 is 91.7 Å². The van der Waals surface area contributed by atoms with Gasteiger partial charge in [0.15, 0.2) is 11.6 Å². The number of Topliss-reactive ketones (excluding diaryl/α,β-unsaturated/α-hetero) is 2. The molecule has 2 unspecified atom stereocenters. The molecule has 12 atom stereocenters. The summed E-state index contributed by atoms with van der Waals surface area (Å²) in [4.78, 5) is 180. The van der Waals surface area contributed by atoms with Crippen molar-refractivity contribution in [3.63, 3.8) is 0 Å². The smallest absolute Gasteiger partial charge is 0.304 e. The summed E-state index contributed by atoms with van der Waals surface area (Å²) in [5, 5.41) is 62.4. The van der Waals surface area contributed by atoms with Crippen molar-refractivity contribution in [2.75, 3.05) is 64.5 Å². The van der Waals surface area contributed by atoms with E-state index in [-0.39, 0.29) is 46.9 Å². The van der Waals surface area contributed by atoms with Crippen LogP contribution >= 0.6 is 11.8 Å². The molecule has 4 heterocycles. The molecule has 1 aromatic heterocycles. The van der Waals surface area contributed by atoms with Gasteiger partial charge in [0.2, 0.25) is 59.1 Å². The van der Waals surface area contributed by atoms with Crippen LogP contribution in [0.15, 0.2) is 17.2 Å². The predicted octanol–water partition coefficient (Wildman–Crippen LogP) is -0.842. The van der Waals surface area contributed by atoms with E-state index in [9.17, 15) is 72.9 Å². The third-order valence-electron chi connectivity index (χ3n) is 17.6. The normalized spacial score (nSPS) is 23.2. The lowest BCUT2D eigenvalue weighted by Crippen LogP contribution is -2.60. The Morgan fingerprint density at radius 1 is 0.802 bits per heavy atom. The van der Waals surface area contributed by atoms with Crippen LogP contribution in [-0.4, -0.2) is 212 Å². The van der Waals surface area contributed by atoms with Gasteiger partial charge in [0, 0.05) is 98.7 Å². The molecule has 5 rings (SSSR count). The third kappa shape index (κ3) is 24.2. The number of amides is 10. The van der Waals surface area contributed by atoms with Crippen molar-refractivity contribution >= 4 is 110 Å². The molecule has 15 N–H and O–H groups in total. The lowest BCUT2D eigenvalue weighted by atomic mass is 9.85. The van der Waals surface area contributed by atoms with Crippen LogP contribution in [0.25, 0.3) is 10.9 Å². The van der Waals surface area contributed by atoms with Crippen LogP contribution in [-0.2, 0) is 85.3 Å². The second-order valence-electron chi connectivity index (χ2n) is 25.1. The van der Waals surface area contributed by atoms with Crippen LogP contribution in [0.4, 0.5) is 0 Å². The van der Waals surface area contributed by atoms with E-state index in [0.717, 1.165) is 17.7 Å². The van der Waals surface area contributed by atoms with Crippen LogP contribution < -0.4 is 53.0 Å². The number of nitrogens with two attached hydrogens (primary N) is 1. The molecule has 0 saturated carbocycles. The second-order valence-corrected chi connectivity index (χ2v) is 27.6. The minimum atomic E-state index is -2.41. The highest BCUT2D eigenvalue weighted by Gasteiger charge is 2.45. The zero-order chi connectivity index (χ0) is 70.8. The summed E-state index contributed by atoms with van der Waals surface area (Å²) in [5.41, 5.74) is 6.74. The number of aliphatic hydroxyl groups is 3. The number of primary amides is 1. The molecule has 96 heavy (non-hydrogen) atoms. The van der Waals surface area contributed by atoms with Crippen LogP contribution in [0.1, 0.15) is 142 Å². The summed E-state index contributed by atoms with van der Waals surface area (Å²) < 4.78 is 21.2. The SMILES string of the molecule is CC[C@H](C)[C@@H]1CC(=O)CNC(=O)[C@H]2CC(=O)[C@H]([C@@H](C)[C@@H](O)CO)NC(=O)[C@@H]3C[C@@H](O)CN3C(=O)[C@H](CC(N)=O)NC(=O)[C@H](CS(=O)c3[nH]c4c(CSCCCCNC(=O)CCCCCNC(=O)CCCCCNC(=O)C(C)CC(=O)O)c(OC)ccc4c3C2)NC(=O)CNC1=O. The topological polar surface area (TPSA) is 470 Å². The van der Waals surface area contributed by atoms with Crippen molar-refractivity contribution in [1.29, 1.82) is 0 Å². The number of nitrogens with one attached hydrogen (secondary N) is 9. The lowest BCUT2D eigenvalue weighted by molar-refractivity contribution is -0.144. The molecule has 2 bridgehead atoms. The monoisotopic (exact) mass is 1390 g/mol. The van der Waals surface area contributed by atoms with E-state index in [0.29, 0.717) is 105 Å². The Kier molecular flexibility index (Phi) is 32.7. The number of carbonyl (C=O) groups is 13. The Balaban J connectivity index is 1.39. The van der Waals surface area contributed by atoms with Crippen molar-refractivity contribution in [2.45, 2.75) is 184 Å². The van der Waals surface area contributed by atoms with Gasteiger partial charge in [-0.05, 0) is 74.3 Å². The number of fused-ring (bicyclic) bond motifs is 5. The number of hydrogen-bond donors (Lipinski definition) is 14. The summed E-state index contributed by atoms with van der Waals surface area (Å²) in [6.45, 7) is 4.93. The van der Waals surface area contributed by atoms with Gasteiger partial charge in [-0.25, -0.2) is 0 Å². The Morgan fingerprint density at radius 2 is 1.45 bits per heavy atom. The van der Waals surface area contributed by atoms with E-state index < -0.39 is 193 Å². The minimum absolute atomic E-state index is 0.0832. The molecule has 3 aliphatic heterocycles. The molecule has 1 saturated heterocycles. The number of aliphatic hydroxyl groups excluding tert-OH is 3. The fourth-order valence-electron chi connectivity index (χ4n) is 11.8. The molecule has 10 amide bonds. The molecule has 1 fully saturated rings. The number of aromatic nitrogens is 1. The second kappa shape index (κ2) is 39.6. The van der Waals surface area contributed by atoms with Gasteiger partial charge in [-0.15, -0.1) is 0 Å². The number of aliphatic carboxylic acids is 1. The van der Waals surface area contributed by atoms with E-state index in [1.165, 1.54) is 25.8 Å². The quantitative estimate of drug-likeness (QED) is 0.0424. The Morgan fingerprint density at radius 3 is 2.07 bits per heavy atom. The average Bonchev–Trinajstić information content (AvgIpc) is 1.61. The van der Waals surface area contributed by atoms with Gasteiger partial charge in [-0.3, -0.25) is 66.5 Å². The minimum Gasteiger partial charge on any atom is -0.496 e. The molecule has 32 heteroatoms. The van der Waals surface area contributed by atoms with Crippen molar-refractivity contribution in [3.05, 3.63) is 23.3 Å². The molecule has 1 aromatic carbocycles. The number of hydrogen-bond acceptors (Lipinski definition) is 19. The van der Waals surface area contributed by atoms with Crippen molar-refractivity contribution in [2.24, 2.45) is 35.3 Å². The Bertz CT molecular complexity index is 3130. The number of carboxylic acids is 1. The molecule has 30 nitrogen and oxygen atoms in total. The molecule has 0 spiro atoms. The zero-order valence-electron chi connectivity index (χ0n) is 55.4. The van der Waals surface area contributed by atoms with Gasteiger partial charge in [-0.2, -0.15) is 11.8 Å². The van der Waals surface area contributed by atoms with Gasteiger partial charge in [-0.1, -0.05) is 47.0 Å². The highest BCUT2D eigenvalue weighted by atomic mass is 32.2. The van der Waals surface area contributed by atoms with Gasteiger partial charge in [0.25, 0.3) is 0 Å². The summed E-state index contributed by atoms with van der Waals surface area (Å²) in [6.07, 6.45) is 0.379. The Hall–Kier alpha value is -7.55. The zero-order valence-corrected chi connectivity index (χ0v) is 57.0. The molecule has 0 radical (unpaired) electrons. The van der Waals surface area contributed by atoms with Gasteiger partial charge < -0.3 is 83.3 Å². The standard InChI is InChI=1S/C64H97N11O19S2/c1-6-35(2)42-26-39(77)29-69-59(88)38-24-43-41-17-18-50(94-5)44(33-95-22-14-13-20-67-53(83)15-9-7-11-19-66-52(82)16-10-8-12-21-68-58(87)36(3)23-55(85)86)57(41)74-63(43)96(93)34-46(71-54(84)30-70-60(42)89)61(90)72-45(28-51(65)81)64(92)75-31-40(78)27-47(75)62(91)73-56(48(79)25-38)37(4)49(80)32-76/h17-18,35-38,40,42,45-47,49,56,74,76,78,80H,6-16,19-34H2,1-5H3,(H2,65,81)(H,66,82)(H,67,83)(H,68,87)(H,69,88)(H,70,89)(H,71,84)(H,72,90)(H,73,91)(H,85,86)/t35-,36?,37-,38+,40+,42-,45-,46-,47-,49-,56-,96?/m0/s1. The van der Waals surface area contributed by atoms with Crippen LogP contribution in [0.5, 0.6) is 5.75 Å². The molecule has 2 aromatic rings. The van der Waals surface area contributed by atoms with E-state index in [4.69, 9.17) is 15.6 Å². The van der Waals surface area contributed by atoms with Gasteiger partial charge in [0.05, 0.1) is 80.0 Å². The third-order valence-corrected chi connectivity index (χ3v) is 20.1. The first-order valence-electron chi connectivity index (χ1n) is 32.9. The number of ketones is 2. The maximum absolute atomic E-state index is 15.4. The maximum atomic E-state index is 15.4. The number of methoxy groups -OCH3 is 1.